The molecule has 1 aliphatic rings. The van der Waals surface area contributed by atoms with Gasteiger partial charge in [-0.25, -0.2) is 0 Å². The maximum atomic E-state index is 12.4. The van der Waals surface area contributed by atoms with Crippen LogP contribution in [0.4, 0.5) is 0 Å². The molecule has 0 bridgehead atoms. The van der Waals surface area contributed by atoms with Crippen molar-refractivity contribution in [1.29, 1.82) is 0 Å². The van der Waals surface area contributed by atoms with Crippen LogP contribution >= 0.6 is 11.8 Å². The molecular formula is C15H15NOS. The summed E-state index contributed by atoms with van der Waals surface area (Å²) in [6.45, 7) is 0. The molecule has 18 heavy (non-hydrogen) atoms. The van der Waals surface area contributed by atoms with Gasteiger partial charge in [0.2, 0.25) is 0 Å². The number of carbonyl (C=O) groups is 1. The molecule has 1 unspecified atom stereocenters. The molecule has 1 aliphatic heterocycles. The number of aromatic nitrogens is 1. The molecule has 2 heterocycles. The van der Waals surface area contributed by atoms with Crippen molar-refractivity contribution in [3.63, 3.8) is 0 Å². The molecule has 0 amide bonds. The number of carbonyl (C=O) groups excluding carboxylic acids is 1. The topological polar surface area (TPSA) is 30.0 Å². The van der Waals surface area contributed by atoms with Gasteiger partial charge in [-0.05, 0) is 42.9 Å². The minimum atomic E-state index is 0.160. The zero-order valence-corrected chi connectivity index (χ0v) is 11.0. The van der Waals surface area contributed by atoms with E-state index in [-0.39, 0.29) is 11.0 Å². The van der Waals surface area contributed by atoms with Gasteiger partial charge in [-0.2, -0.15) is 11.8 Å². The molecule has 1 aromatic heterocycles. The Kier molecular flexibility index (Phi) is 3.33. The standard InChI is InChI=1S/C15H15NOS/c17-15(14-5-1-2-9-18-14)12-6-7-13-11(10-12)4-3-8-16-13/h3-4,6-8,10,14H,1-2,5,9H2. The van der Waals surface area contributed by atoms with E-state index in [1.54, 1.807) is 18.0 Å². The van der Waals surface area contributed by atoms with Crippen LogP contribution in [-0.4, -0.2) is 21.8 Å². The van der Waals surface area contributed by atoms with E-state index in [1.165, 1.54) is 12.8 Å². The first-order valence-electron chi connectivity index (χ1n) is 6.35. The van der Waals surface area contributed by atoms with Crippen molar-refractivity contribution in [1.82, 2.24) is 4.98 Å². The Labute approximate surface area is 111 Å². The highest BCUT2D eigenvalue weighted by atomic mass is 32.2. The van der Waals surface area contributed by atoms with E-state index in [2.05, 4.69) is 4.98 Å². The Morgan fingerprint density at radius 2 is 2.22 bits per heavy atom. The third-order valence-corrected chi connectivity index (χ3v) is 4.74. The van der Waals surface area contributed by atoms with E-state index in [9.17, 15) is 4.79 Å². The van der Waals surface area contributed by atoms with Gasteiger partial charge in [0.05, 0.1) is 10.8 Å². The molecule has 1 saturated heterocycles. The second-order valence-electron chi connectivity index (χ2n) is 4.63. The van der Waals surface area contributed by atoms with Gasteiger partial charge < -0.3 is 0 Å². The van der Waals surface area contributed by atoms with Crippen molar-refractivity contribution in [3.05, 3.63) is 42.1 Å². The monoisotopic (exact) mass is 257 g/mol. The molecule has 2 nitrogen and oxygen atoms in total. The summed E-state index contributed by atoms with van der Waals surface area (Å²) >= 11 is 1.81. The minimum absolute atomic E-state index is 0.160. The summed E-state index contributed by atoms with van der Waals surface area (Å²) in [5, 5.41) is 1.21. The van der Waals surface area contributed by atoms with Crippen LogP contribution in [0.15, 0.2) is 36.5 Å². The third kappa shape index (κ3) is 2.27. The summed E-state index contributed by atoms with van der Waals surface area (Å²) in [5.74, 6) is 1.40. The van der Waals surface area contributed by atoms with Crippen LogP contribution in [0.2, 0.25) is 0 Å². The van der Waals surface area contributed by atoms with Gasteiger partial charge in [0.15, 0.2) is 5.78 Å². The van der Waals surface area contributed by atoms with E-state index >= 15 is 0 Å². The molecule has 1 fully saturated rings. The summed E-state index contributed by atoms with van der Waals surface area (Å²) in [5.41, 5.74) is 1.78. The van der Waals surface area contributed by atoms with Gasteiger partial charge in [0.25, 0.3) is 0 Å². The molecule has 1 atom stereocenters. The van der Waals surface area contributed by atoms with Crippen LogP contribution in [0.3, 0.4) is 0 Å². The first-order valence-corrected chi connectivity index (χ1v) is 7.40. The highest BCUT2D eigenvalue weighted by molar-refractivity contribution is 8.00. The Morgan fingerprint density at radius 1 is 1.28 bits per heavy atom. The lowest BCUT2D eigenvalue weighted by atomic mass is 10.0. The average Bonchev–Trinajstić information content (AvgIpc) is 2.47. The van der Waals surface area contributed by atoms with Crippen molar-refractivity contribution in [3.8, 4) is 0 Å². The largest absolute Gasteiger partial charge is 0.293 e. The number of ketones is 1. The summed E-state index contributed by atoms with van der Waals surface area (Å²) in [7, 11) is 0. The van der Waals surface area contributed by atoms with Gasteiger partial charge >= 0.3 is 0 Å². The number of Topliss-reactive ketones (excluding diaryl/α,β-unsaturated/α-hetero) is 1. The molecule has 0 spiro atoms. The summed E-state index contributed by atoms with van der Waals surface area (Å²) in [6, 6.07) is 9.74. The smallest absolute Gasteiger partial charge is 0.175 e. The normalized spacial score (nSPS) is 19.9. The highest BCUT2D eigenvalue weighted by Gasteiger charge is 2.22. The van der Waals surface area contributed by atoms with Gasteiger partial charge in [0, 0.05) is 17.1 Å². The number of benzene rings is 1. The first-order chi connectivity index (χ1) is 8.84. The number of hydrogen-bond donors (Lipinski definition) is 0. The van der Waals surface area contributed by atoms with Gasteiger partial charge in [-0.1, -0.05) is 12.5 Å². The lowest BCUT2D eigenvalue weighted by molar-refractivity contribution is 0.0985. The second-order valence-corrected chi connectivity index (χ2v) is 5.94. The van der Waals surface area contributed by atoms with Gasteiger partial charge in [-0.15, -0.1) is 0 Å². The molecule has 1 aromatic carbocycles. The fourth-order valence-corrected chi connectivity index (χ4v) is 3.64. The number of pyridine rings is 1. The van der Waals surface area contributed by atoms with Crippen LogP contribution in [0.1, 0.15) is 29.6 Å². The molecule has 3 heteroatoms. The zero-order valence-electron chi connectivity index (χ0n) is 10.1. The van der Waals surface area contributed by atoms with E-state index < -0.39 is 0 Å². The Hall–Kier alpha value is -1.35. The molecule has 92 valence electrons. The molecule has 3 rings (SSSR count). The minimum Gasteiger partial charge on any atom is -0.293 e. The molecule has 0 saturated carbocycles. The predicted octanol–water partition coefficient (Wildman–Crippen LogP) is 3.70. The van der Waals surface area contributed by atoms with Crippen LogP contribution in [0, 0.1) is 0 Å². The number of nitrogens with zero attached hydrogens (tertiary/aromatic N) is 1. The van der Waals surface area contributed by atoms with Crippen molar-refractivity contribution in [2.24, 2.45) is 0 Å². The Morgan fingerprint density at radius 3 is 3.06 bits per heavy atom. The molecule has 0 aliphatic carbocycles. The summed E-state index contributed by atoms with van der Waals surface area (Å²) in [4.78, 5) is 16.7. The maximum absolute atomic E-state index is 12.4. The molecular weight excluding hydrogens is 242 g/mol. The van der Waals surface area contributed by atoms with E-state index in [4.69, 9.17) is 0 Å². The number of thioether (sulfide) groups is 1. The SMILES string of the molecule is O=C(c1ccc2ncccc2c1)C1CCCCS1. The highest BCUT2D eigenvalue weighted by Crippen LogP contribution is 2.28. The molecule has 0 radical (unpaired) electrons. The third-order valence-electron chi connectivity index (χ3n) is 3.36. The van der Waals surface area contributed by atoms with Crippen LogP contribution < -0.4 is 0 Å². The lowest BCUT2D eigenvalue weighted by Crippen LogP contribution is -2.20. The van der Waals surface area contributed by atoms with Crippen LogP contribution in [0.25, 0.3) is 10.9 Å². The van der Waals surface area contributed by atoms with Crippen LogP contribution in [-0.2, 0) is 0 Å². The zero-order chi connectivity index (χ0) is 12.4. The fraction of sp³-hybridized carbons (Fsp3) is 0.333. The Bertz CT molecular complexity index is 575. The van der Waals surface area contributed by atoms with E-state index in [1.807, 2.05) is 30.3 Å². The molecule has 0 N–H and O–H groups in total. The van der Waals surface area contributed by atoms with E-state index in [0.717, 1.165) is 28.6 Å². The molecule has 2 aromatic rings. The maximum Gasteiger partial charge on any atom is 0.175 e. The quantitative estimate of drug-likeness (QED) is 0.768. The number of rotatable bonds is 2. The van der Waals surface area contributed by atoms with Crippen molar-refractivity contribution in [2.75, 3.05) is 5.75 Å². The summed E-state index contributed by atoms with van der Waals surface area (Å²) in [6.07, 6.45) is 5.23. The van der Waals surface area contributed by atoms with E-state index in [0.29, 0.717) is 0 Å². The first kappa shape index (κ1) is 11.7. The van der Waals surface area contributed by atoms with Crippen LogP contribution in [0.5, 0.6) is 0 Å². The van der Waals surface area contributed by atoms with Gasteiger partial charge in [-0.3, -0.25) is 9.78 Å². The lowest BCUT2D eigenvalue weighted by Gasteiger charge is -2.20. The van der Waals surface area contributed by atoms with Crippen molar-refractivity contribution in [2.45, 2.75) is 24.5 Å². The number of hydrogen-bond acceptors (Lipinski definition) is 3. The predicted molar refractivity (Wildman–Crippen MR) is 76.2 cm³/mol. The second kappa shape index (κ2) is 5.11. The number of fused-ring (bicyclic) bond motifs is 1. The Balaban J connectivity index is 1.91. The van der Waals surface area contributed by atoms with Crippen molar-refractivity contribution >= 4 is 28.4 Å². The van der Waals surface area contributed by atoms with Crippen molar-refractivity contribution < 1.29 is 4.79 Å². The van der Waals surface area contributed by atoms with Gasteiger partial charge in [0.1, 0.15) is 0 Å². The fourth-order valence-electron chi connectivity index (χ4n) is 2.36. The average molecular weight is 257 g/mol. The summed E-state index contributed by atoms with van der Waals surface area (Å²) < 4.78 is 0.